The van der Waals surface area contributed by atoms with Crippen LogP contribution in [-0.2, 0) is 9.53 Å². The van der Waals surface area contributed by atoms with Gasteiger partial charge in [0.25, 0.3) is 0 Å². The maximum atomic E-state index is 11.4. The summed E-state index contributed by atoms with van der Waals surface area (Å²) in [7, 11) is 1.40. The minimum absolute atomic E-state index is 0.225. The lowest BCUT2D eigenvalue weighted by atomic mass is 9.97. The highest BCUT2D eigenvalue weighted by atomic mass is 35.5. The maximum absolute atomic E-state index is 11.4. The molecule has 1 unspecified atom stereocenters. The molecule has 1 aromatic rings. The van der Waals surface area contributed by atoms with Gasteiger partial charge in [-0.3, -0.25) is 4.79 Å². The molecule has 0 fully saturated rings. The van der Waals surface area contributed by atoms with E-state index in [2.05, 4.69) is 0 Å². The zero-order chi connectivity index (χ0) is 10.4. The van der Waals surface area contributed by atoms with Crippen LogP contribution in [-0.4, -0.2) is 19.0 Å². The van der Waals surface area contributed by atoms with Gasteiger partial charge >= 0.3 is 5.97 Å². The van der Waals surface area contributed by atoms with Crippen molar-refractivity contribution in [3.05, 3.63) is 35.9 Å². The quantitative estimate of drug-likeness (QED) is 0.567. The van der Waals surface area contributed by atoms with Gasteiger partial charge in [0.1, 0.15) is 0 Å². The van der Waals surface area contributed by atoms with E-state index in [4.69, 9.17) is 16.3 Å². The highest BCUT2D eigenvalue weighted by Crippen LogP contribution is 2.21. The third kappa shape index (κ3) is 2.74. The van der Waals surface area contributed by atoms with Crippen LogP contribution in [0.3, 0.4) is 0 Å². The molecular weight excluding hydrogens is 200 g/mol. The number of hydrogen-bond donors (Lipinski definition) is 0. The summed E-state index contributed by atoms with van der Waals surface area (Å²) in [6.07, 6.45) is 0.609. The van der Waals surface area contributed by atoms with Crippen LogP contribution in [0.5, 0.6) is 0 Å². The van der Waals surface area contributed by atoms with E-state index >= 15 is 0 Å². The second kappa shape index (κ2) is 5.66. The Morgan fingerprint density at radius 1 is 1.43 bits per heavy atom. The van der Waals surface area contributed by atoms with Crippen molar-refractivity contribution in [2.24, 2.45) is 0 Å². The van der Waals surface area contributed by atoms with E-state index in [1.54, 1.807) is 0 Å². The maximum Gasteiger partial charge on any atom is 0.313 e. The van der Waals surface area contributed by atoms with Gasteiger partial charge in [-0.05, 0) is 12.0 Å². The Bertz CT molecular complexity index is 285. The third-order valence-electron chi connectivity index (χ3n) is 2.09. The molecule has 14 heavy (non-hydrogen) atoms. The van der Waals surface area contributed by atoms with E-state index in [0.29, 0.717) is 12.3 Å². The molecule has 0 aliphatic carbocycles. The van der Waals surface area contributed by atoms with E-state index in [1.165, 1.54) is 7.11 Å². The third-order valence-corrected chi connectivity index (χ3v) is 2.30. The van der Waals surface area contributed by atoms with Crippen LogP contribution >= 0.6 is 11.6 Å². The molecule has 0 N–H and O–H groups in total. The van der Waals surface area contributed by atoms with Gasteiger partial charge in [0.2, 0.25) is 0 Å². The largest absolute Gasteiger partial charge is 0.469 e. The predicted octanol–water partition coefficient (Wildman–Crippen LogP) is 2.57. The Morgan fingerprint density at radius 2 is 2.07 bits per heavy atom. The van der Waals surface area contributed by atoms with E-state index in [1.807, 2.05) is 30.3 Å². The van der Waals surface area contributed by atoms with E-state index in [-0.39, 0.29) is 11.9 Å². The van der Waals surface area contributed by atoms with Gasteiger partial charge in [-0.2, -0.15) is 0 Å². The van der Waals surface area contributed by atoms with Gasteiger partial charge in [0, 0.05) is 5.88 Å². The highest BCUT2D eigenvalue weighted by molar-refractivity contribution is 6.18. The van der Waals surface area contributed by atoms with Crippen molar-refractivity contribution in [3.63, 3.8) is 0 Å². The Morgan fingerprint density at radius 3 is 2.57 bits per heavy atom. The van der Waals surface area contributed by atoms with Crippen LogP contribution in [0.2, 0.25) is 0 Å². The summed E-state index contributed by atoms with van der Waals surface area (Å²) >= 11 is 5.64. The summed E-state index contributed by atoms with van der Waals surface area (Å²) in [4.78, 5) is 11.4. The fraction of sp³-hybridized carbons (Fsp3) is 0.364. The smallest absolute Gasteiger partial charge is 0.313 e. The van der Waals surface area contributed by atoms with E-state index in [0.717, 1.165) is 5.56 Å². The molecule has 1 rings (SSSR count). The minimum Gasteiger partial charge on any atom is -0.469 e. The Kier molecular flexibility index (Phi) is 4.47. The average molecular weight is 213 g/mol. The molecule has 0 heterocycles. The van der Waals surface area contributed by atoms with Gasteiger partial charge in [-0.25, -0.2) is 0 Å². The number of ether oxygens (including phenoxy) is 1. The lowest BCUT2D eigenvalue weighted by Gasteiger charge is -2.12. The zero-order valence-corrected chi connectivity index (χ0v) is 8.83. The van der Waals surface area contributed by atoms with Crippen molar-refractivity contribution in [3.8, 4) is 0 Å². The summed E-state index contributed by atoms with van der Waals surface area (Å²) in [5.74, 6) is -0.00942. The fourth-order valence-electron chi connectivity index (χ4n) is 1.36. The number of rotatable bonds is 4. The molecule has 3 heteroatoms. The van der Waals surface area contributed by atoms with Crippen LogP contribution < -0.4 is 0 Å². The Hall–Kier alpha value is -1.02. The second-order valence-corrected chi connectivity index (χ2v) is 3.34. The summed E-state index contributed by atoms with van der Waals surface area (Å²) in [5, 5.41) is 0. The van der Waals surface area contributed by atoms with Crippen LogP contribution in [0.4, 0.5) is 0 Å². The lowest BCUT2D eigenvalue weighted by molar-refractivity contribution is -0.142. The molecule has 1 atom stereocenters. The van der Waals surface area contributed by atoms with Crippen molar-refractivity contribution >= 4 is 17.6 Å². The number of carbonyl (C=O) groups is 1. The number of halogens is 1. The first kappa shape index (κ1) is 11.1. The minimum atomic E-state index is -0.237. The second-order valence-electron chi connectivity index (χ2n) is 2.96. The molecule has 0 saturated heterocycles. The summed E-state index contributed by atoms with van der Waals surface area (Å²) in [5.41, 5.74) is 0.958. The molecule has 0 bridgehead atoms. The monoisotopic (exact) mass is 212 g/mol. The van der Waals surface area contributed by atoms with Crippen molar-refractivity contribution in [2.75, 3.05) is 13.0 Å². The molecule has 0 aliphatic rings. The van der Waals surface area contributed by atoms with Gasteiger partial charge in [0.05, 0.1) is 13.0 Å². The Labute approximate surface area is 88.8 Å². The van der Waals surface area contributed by atoms with Gasteiger partial charge in [-0.15, -0.1) is 11.6 Å². The number of benzene rings is 1. The van der Waals surface area contributed by atoms with E-state index < -0.39 is 0 Å². The summed E-state index contributed by atoms with van der Waals surface area (Å²) < 4.78 is 4.72. The summed E-state index contributed by atoms with van der Waals surface area (Å²) in [6.45, 7) is 0. The Balaban J connectivity index is 2.83. The average Bonchev–Trinajstić information content (AvgIpc) is 2.26. The van der Waals surface area contributed by atoms with Crippen molar-refractivity contribution in [2.45, 2.75) is 12.3 Å². The molecule has 0 aliphatic heterocycles. The van der Waals surface area contributed by atoms with Crippen LogP contribution in [0.25, 0.3) is 0 Å². The number of esters is 1. The first-order valence-electron chi connectivity index (χ1n) is 4.48. The molecule has 0 spiro atoms. The molecule has 0 radical (unpaired) electrons. The summed E-state index contributed by atoms with van der Waals surface area (Å²) in [6, 6.07) is 9.54. The van der Waals surface area contributed by atoms with Crippen LogP contribution in [0, 0.1) is 0 Å². The van der Waals surface area contributed by atoms with Crippen molar-refractivity contribution < 1.29 is 9.53 Å². The number of hydrogen-bond acceptors (Lipinski definition) is 2. The molecular formula is C11H13ClO2. The topological polar surface area (TPSA) is 26.3 Å². The first-order chi connectivity index (χ1) is 6.79. The van der Waals surface area contributed by atoms with Gasteiger partial charge in [-0.1, -0.05) is 30.3 Å². The SMILES string of the molecule is COC(=O)C(CCCl)c1ccccc1. The van der Waals surface area contributed by atoms with E-state index in [9.17, 15) is 4.79 Å². The lowest BCUT2D eigenvalue weighted by Crippen LogP contribution is -2.14. The molecule has 0 saturated carbocycles. The predicted molar refractivity (Wildman–Crippen MR) is 56.5 cm³/mol. The number of carbonyl (C=O) groups excluding carboxylic acids is 1. The molecule has 0 amide bonds. The normalized spacial score (nSPS) is 12.1. The molecule has 1 aromatic carbocycles. The molecule has 76 valence electrons. The van der Waals surface area contributed by atoms with Crippen LogP contribution in [0.15, 0.2) is 30.3 Å². The standard InChI is InChI=1S/C11H13ClO2/c1-14-11(13)10(7-8-12)9-5-3-2-4-6-9/h2-6,10H,7-8H2,1H3. The first-order valence-corrected chi connectivity index (χ1v) is 5.01. The van der Waals surface area contributed by atoms with Crippen molar-refractivity contribution in [1.29, 1.82) is 0 Å². The van der Waals surface area contributed by atoms with Gasteiger partial charge in [0.15, 0.2) is 0 Å². The fourth-order valence-corrected chi connectivity index (χ4v) is 1.58. The molecule has 0 aromatic heterocycles. The highest BCUT2D eigenvalue weighted by Gasteiger charge is 2.19. The molecule has 2 nitrogen and oxygen atoms in total. The van der Waals surface area contributed by atoms with Gasteiger partial charge < -0.3 is 4.74 Å². The van der Waals surface area contributed by atoms with Crippen LogP contribution in [0.1, 0.15) is 17.9 Å². The van der Waals surface area contributed by atoms with Crippen molar-refractivity contribution in [1.82, 2.24) is 0 Å². The number of alkyl halides is 1. The zero-order valence-electron chi connectivity index (χ0n) is 8.07. The number of methoxy groups -OCH3 is 1.